The first kappa shape index (κ1) is 21.0. The van der Waals surface area contributed by atoms with Crippen LogP contribution in [0.15, 0.2) is 48.5 Å². The summed E-state index contributed by atoms with van der Waals surface area (Å²) in [4.78, 5) is 25.3. The Balaban J connectivity index is 1.31. The van der Waals surface area contributed by atoms with Crippen molar-refractivity contribution in [1.29, 1.82) is 0 Å². The highest BCUT2D eigenvalue weighted by atomic mass is 16.5. The zero-order valence-electron chi connectivity index (χ0n) is 19.1. The number of Topliss-reactive ketones (excluding diaryl/α,β-unsaturated/α-hetero) is 1. The normalized spacial score (nSPS) is 16.9. The molecular weight excluding hydrogens is 428 g/mol. The van der Waals surface area contributed by atoms with Crippen LogP contribution in [0.5, 0.6) is 11.5 Å². The molecule has 6 rings (SSSR count). The highest BCUT2D eigenvalue weighted by Crippen LogP contribution is 2.50. The largest absolute Gasteiger partial charge is 0.493 e. The first-order chi connectivity index (χ1) is 16.4. The van der Waals surface area contributed by atoms with Crippen LogP contribution in [-0.2, 0) is 29.5 Å². The van der Waals surface area contributed by atoms with Crippen LogP contribution in [0.3, 0.4) is 0 Å². The van der Waals surface area contributed by atoms with Crippen molar-refractivity contribution in [3.05, 3.63) is 81.9 Å². The number of hydrogen-bond donors (Lipinski definition) is 1. The summed E-state index contributed by atoms with van der Waals surface area (Å²) in [5.41, 5.74) is 6.86. The van der Waals surface area contributed by atoms with Gasteiger partial charge in [-0.3, -0.25) is 4.79 Å². The van der Waals surface area contributed by atoms with Gasteiger partial charge >= 0.3 is 5.97 Å². The second-order valence-corrected chi connectivity index (χ2v) is 9.67. The Labute approximate surface area is 198 Å². The number of benzene rings is 3. The Morgan fingerprint density at radius 2 is 1.74 bits per heavy atom. The van der Waals surface area contributed by atoms with Crippen molar-refractivity contribution < 1.29 is 24.2 Å². The number of aromatic carboxylic acids is 1. The molecule has 3 aromatic rings. The molecule has 1 saturated carbocycles. The lowest BCUT2D eigenvalue weighted by atomic mass is 9.86. The zero-order valence-corrected chi connectivity index (χ0v) is 19.1. The van der Waals surface area contributed by atoms with Crippen LogP contribution >= 0.6 is 0 Å². The summed E-state index contributed by atoms with van der Waals surface area (Å²) in [6, 6.07) is 16.0. The lowest BCUT2D eigenvalue weighted by Gasteiger charge is -2.17. The van der Waals surface area contributed by atoms with Crippen LogP contribution in [-0.4, -0.2) is 30.1 Å². The average molecular weight is 455 g/mol. The van der Waals surface area contributed by atoms with Crippen LogP contribution in [0, 0.1) is 6.92 Å². The summed E-state index contributed by atoms with van der Waals surface area (Å²) >= 11 is 0. The fraction of sp³-hybridized carbons (Fsp3) is 0.310. The first-order valence-electron chi connectivity index (χ1n) is 11.9. The molecule has 3 aromatic carbocycles. The van der Waals surface area contributed by atoms with Gasteiger partial charge < -0.3 is 14.6 Å². The smallest absolute Gasteiger partial charge is 0.339 e. The second kappa shape index (κ2) is 7.73. The Hall–Kier alpha value is -3.60. The summed E-state index contributed by atoms with van der Waals surface area (Å²) in [5, 5.41) is 9.69. The third-order valence-corrected chi connectivity index (χ3v) is 7.52. The van der Waals surface area contributed by atoms with Gasteiger partial charge in [0.2, 0.25) is 0 Å². The predicted molar refractivity (Wildman–Crippen MR) is 128 cm³/mol. The number of ketones is 1. The van der Waals surface area contributed by atoms with Crippen LogP contribution in [0.2, 0.25) is 0 Å². The number of ether oxygens (including phenoxy) is 2. The molecule has 0 radical (unpaired) electrons. The number of carbonyl (C=O) groups excluding carboxylic acids is 1. The van der Waals surface area contributed by atoms with Crippen molar-refractivity contribution in [2.75, 3.05) is 13.2 Å². The number of aryl methyl sites for hydroxylation is 1. The number of carboxylic acid groups (broad SMARTS) is 1. The van der Waals surface area contributed by atoms with E-state index in [2.05, 4.69) is 12.1 Å². The highest BCUT2D eigenvalue weighted by Gasteiger charge is 2.50. The van der Waals surface area contributed by atoms with Crippen molar-refractivity contribution in [3.63, 3.8) is 0 Å². The van der Waals surface area contributed by atoms with Crippen molar-refractivity contribution >= 4 is 11.8 Å². The maximum atomic E-state index is 13.5. The van der Waals surface area contributed by atoms with Gasteiger partial charge in [0.05, 0.1) is 18.6 Å². The number of rotatable bonds is 6. The molecule has 2 aliphatic heterocycles. The van der Waals surface area contributed by atoms with E-state index in [0.717, 1.165) is 58.4 Å². The van der Waals surface area contributed by atoms with Gasteiger partial charge in [0.25, 0.3) is 0 Å². The van der Waals surface area contributed by atoms with E-state index in [9.17, 15) is 14.7 Å². The summed E-state index contributed by atoms with van der Waals surface area (Å²) in [6.45, 7) is 3.23. The molecule has 0 spiro atoms. The molecule has 1 N–H and O–H groups in total. The van der Waals surface area contributed by atoms with Crippen molar-refractivity contribution in [3.8, 4) is 22.6 Å². The topological polar surface area (TPSA) is 72.8 Å². The summed E-state index contributed by atoms with van der Waals surface area (Å²) < 4.78 is 11.2. The van der Waals surface area contributed by atoms with Gasteiger partial charge in [-0.15, -0.1) is 0 Å². The average Bonchev–Trinajstić information content (AvgIpc) is 3.27. The molecule has 34 heavy (non-hydrogen) atoms. The van der Waals surface area contributed by atoms with Gasteiger partial charge in [-0.2, -0.15) is 0 Å². The molecule has 2 heterocycles. The zero-order chi connectivity index (χ0) is 23.4. The summed E-state index contributed by atoms with van der Waals surface area (Å²) in [7, 11) is 0. The number of carboxylic acids is 1. The lowest BCUT2D eigenvalue weighted by molar-refractivity contribution is -0.120. The monoisotopic (exact) mass is 454 g/mol. The van der Waals surface area contributed by atoms with Crippen LogP contribution in [0.25, 0.3) is 11.1 Å². The van der Waals surface area contributed by atoms with Gasteiger partial charge in [0.1, 0.15) is 22.8 Å². The third kappa shape index (κ3) is 3.38. The molecule has 172 valence electrons. The molecule has 0 bridgehead atoms. The minimum atomic E-state index is -0.987. The second-order valence-electron chi connectivity index (χ2n) is 9.67. The maximum Gasteiger partial charge on any atom is 0.339 e. The molecule has 5 nitrogen and oxygen atoms in total. The predicted octanol–water partition coefficient (Wildman–Crippen LogP) is 5.07. The SMILES string of the molecule is Cc1ccc(CC(=O)C2(c3ccc4c(c3)CCO4)CC2)cc1-c1cc2c(c(C(=O)O)c1)OCC2. The van der Waals surface area contributed by atoms with E-state index in [1.807, 2.05) is 37.3 Å². The standard InChI is InChI=1S/C29H26O5/c1-17-2-3-18(12-23(17)21-14-20-7-11-34-27(20)24(16-21)28(31)32)13-26(30)29(8-9-29)22-4-5-25-19(15-22)6-10-33-25/h2-5,12,14-16H,6-11,13H2,1H3,(H,31,32). The van der Waals surface area contributed by atoms with Crippen LogP contribution in [0.1, 0.15) is 51.0 Å². The Kier molecular flexibility index (Phi) is 4.76. The van der Waals surface area contributed by atoms with E-state index in [0.29, 0.717) is 31.8 Å². The van der Waals surface area contributed by atoms with Crippen LogP contribution in [0.4, 0.5) is 0 Å². The molecular formula is C29H26O5. The van der Waals surface area contributed by atoms with E-state index in [1.165, 1.54) is 5.56 Å². The number of fused-ring (bicyclic) bond motifs is 2. The van der Waals surface area contributed by atoms with E-state index in [1.54, 1.807) is 6.07 Å². The van der Waals surface area contributed by atoms with E-state index >= 15 is 0 Å². The Morgan fingerprint density at radius 1 is 0.941 bits per heavy atom. The lowest BCUT2D eigenvalue weighted by Crippen LogP contribution is -2.22. The van der Waals surface area contributed by atoms with Crippen LogP contribution < -0.4 is 9.47 Å². The fourth-order valence-electron chi connectivity index (χ4n) is 5.40. The molecule has 0 saturated heterocycles. The maximum absolute atomic E-state index is 13.5. The van der Waals surface area contributed by atoms with E-state index in [-0.39, 0.29) is 16.8 Å². The Bertz CT molecular complexity index is 1350. The van der Waals surface area contributed by atoms with E-state index in [4.69, 9.17) is 9.47 Å². The molecule has 0 atom stereocenters. The van der Waals surface area contributed by atoms with Gasteiger partial charge in [0, 0.05) is 19.3 Å². The summed E-state index contributed by atoms with van der Waals surface area (Å²) in [6.07, 6.45) is 3.74. The van der Waals surface area contributed by atoms with Gasteiger partial charge in [-0.05, 0) is 76.9 Å². The quantitative estimate of drug-likeness (QED) is 0.563. The molecule has 1 fully saturated rings. The van der Waals surface area contributed by atoms with Gasteiger partial charge in [-0.25, -0.2) is 4.79 Å². The van der Waals surface area contributed by atoms with Crippen molar-refractivity contribution in [2.45, 2.75) is 44.4 Å². The third-order valence-electron chi connectivity index (χ3n) is 7.52. The first-order valence-corrected chi connectivity index (χ1v) is 11.9. The molecule has 0 unspecified atom stereocenters. The van der Waals surface area contributed by atoms with Gasteiger partial charge in [-0.1, -0.05) is 30.3 Å². The van der Waals surface area contributed by atoms with Gasteiger partial charge in [0.15, 0.2) is 0 Å². The minimum Gasteiger partial charge on any atom is -0.493 e. The number of carbonyl (C=O) groups is 2. The molecule has 0 amide bonds. The molecule has 1 aliphatic carbocycles. The van der Waals surface area contributed by atoms with Crippen molar-refractivity contribution in [2.24, 2.45) is 0 Å². The van der Waals surface area contributed by atoms with E-state index < -0.39 is 5.97 Å². The molecule has 0 aromatic heterocycles. The molecule has 5 heteroatoms. The Morgan fingerprint density at radius 3 is 2.53 bits per heavy atom. The van der Waals surface area contributed by atoms with Crippen molar-refractivity contribution in [1.82, 2.24) is 0 Å². The highest BCUT2D eigenvalue weighted by molar-refractivity contribution is 5.96. The summed E-state index contributed by atoms with van der Waals surface area (Å²) in [5.74, 6) is 0.681. The number of hydrogen-bond acceptors (Lipinski definition) is 4. The fourth-order valence-corrected chi connectivity index (χ4v) is 5.40. The molecule has 3 aliphatic rings. The minimum absolute atomic E-state index is 0.198.